The number of thiazole rings is 1. The van der Waals surface area contributed by atoms with Gasteiger partial charge in [-0.3, -0.25) is 34.6 Å². The number of imide groups is 1. The van der Waals surface area contributed by atoms with Crippen molar-refractivity contribution >= 4 is 72.8 Å². The Labute approximate surface area is 434 Å². The van der Waals surface area contributed by atoms with E-state index in [-0.39, 0.29) is 29.5 Å². The van der Waals surface area contributed by atoms with Gasteiger partial charge >= 0.3 is 5.97 Å². The molecule has 3 N–H and O–H groups in total. The lowest BCUT2D eigenvalue weighted by molar-refractivity contribution is -0.134. The maximum absolute atomic E-state index is 13.6. The molecular weight excluding hydrogens is 951 g/mol. The number of ether oxygens (including phenoxy) is 1. The van der Waals surface area contributed by atoms with Crippen molar-refractivity contribution in [2.24, 2.45) is 18.9 Å². The van der Waals surface area contributed by atoms with Gasteiger partial charge in [0.2, 0.25) is 11.8 Å². The summed E-state index contributed by atoms with van der Waals surface area (Å²) in [5, 5.41) is 22.2. The number of benzene rings is 4. The quantitative estimate of drug-likeness (QED) is 0.0882. The monoisotopic (exact) mass is 1010 g/mol. The summed E-state index contributed by atoms with van der Waals surface area (Å²) in [5.41, 5.74) is 8.59. The van der Waals surface area contributed by atoms with Crippen LogP contribution in [0.15, 0.2) is 91.0 Å². The molecular formula is C58H63N9O6S. The number of carboxylic acid groups (broad SMARTS) is 1. The minimum atomic E-state index is -1.10. The molecule has 4 aliphatic rings. The Morgan fingerprint density at radius 3 is 2.46 bits per heavy atom. The van der Waals surface area contributed by atoms with Crippen LogP contribution in [0.25, 0.3) is 32.2 Å². The van der Waals surface area contributed by atoms with Crippen LogP contribution in [-0.4, -0.2) is 98.8 Å². The third-order valence-corrected chi connectivity index (χ3v) is 16.8. The van der Waals surface area contributed by atoms with Gasteiger partial charge in [0.05, 0.1) is 33.4 Å². The summed E-state index contributed by atoms with van der Waals surface area (Å²) < 4.78 is 9.44. The van der Waals surface area contributed by atoms with Crippen LogP contribution in [0.3, 0.4) is 0 Å². The minimum Gasteiger partial charge on any atom is -0.490 e. The number of piperazine rings is 1. The summed E-state index contributed by atoms with van der Waals surface area (Å²) in [6.45, 7) is 10.5. The van der Waals surface area contributed by atoms with Gasteiger partial charge in [-0.15, -0.1) is 0 Å². The highest BCUT2D eigenvalue weighted by molar-refractivity contribution is 7.22. The summed E-state index contributed by atoms with van der Waals surface area (Å²) in [5.74, 6) is 0.506. The Morgan fingerprint density at radius 1 is 0.865 bits per heavy atom. The second-order valence-corrected chi connectivity index (χ2v) is 21.9. The summed E-state index contributed by atoms with van der Waals surface area (Å²) in [6.07, 6.45) is 8.45. The molecule has 3 fully saturated rings. The molecule has 11 rings (SSSR count). The predicted molar refractivity (Wildman–Crippen MR) is 289 cm³/mol. The number of piperidine rings is 1. The van der Waals surface area contributed by atoms with E-state index < -0.39 is 11.9 Å². The molecule has 382 valence electrons. The topological polar surface area (TPSA) is 175 Å². The van der Waals surface area contributed by atoms with Gasteiger partial charge in [0.15, 0.2) is 10.8 Å². The van der Waals surface area contributed by atoms with Gasteiger partial charge in [-0.1, -0.05) is 48.6 Å². The summed E-state index contributed by atoms with van der Waals surface area (Å²) in [6, 6.07) is 29.7. The van der Waals surface area contributed by atoms with E-state index in [1.165, 1.54) is 29.9 Å². The number of rotatable bonds is 14. The van der Waals surface area contributed by atoms with Crippen LogP contribution in [0, 0.1) is 18.8 Å². The molecule has 7 aromatic rings. The molecule has 2 unspecified atom stereocenters. The maximum Gasteiger partial charge on any atom is 0.355 e. The number of nitrogens with zero attached hydrogens (tertiary/aromatic N) is 7. The first kappa shape index (κ1) is 49.1. The average molecular weight is 1010 g/mol. The lowest BCUT2D eigenvalue weighted by atomic mass is 9.81. The highest BCUT2D eigenvalue weighted by atomic mass is 32.1. The smallest absolute Gasteiger partial charge is 0.355 e. The second kappa shape index (κ2) is 21.0. The van der Waals surface area contributed by atoms with E-state index in [1.807, 2.05) is 96.3 Å². The molecule has 0 radical (unpaired) electrons. The summed E-state index contributed by atoms with van der Waals surface area (Å²) >= 11 is 1.44. The molecule has 15 nitrogen and oxygen atoms in total. The molecule has 2 atom stereocenters. The number of para-hydroxylation sites is 1. The highest BCUT2D eigenvalue weighted by Crippen LogP contribution is 2.37. The number of anilines is 3. The number of nitrogens with one attached hydrogen (secondary N) is 2. The summed E-state index contributed by atoms with van der Waals surface area (Å²) in [4.78, 5) is 67.2. The van der Waals surface area contributed by atoms with Crippen LogP contribution in [0.1, 0.15) is 107 Å². The van der Waals surface area contributed by atoms with Gasteiger partial charge in [-0.05, 0) is 160 Å². The van der Waals surface area contributed by atoms with Gasteiger partial charge in [-0.25, -0.2) is 14.8 Å². The van der Waals surface area contributed by atoms with Gasteiger partial charge in [0.1, 0.15) is 11.6 Å². The van der Waals surface area contributed by atoms with Crippen molar-refractivity contribution in [3.05, 3.63) is 125 Å². The van der Waals surface area contributed by atoms with E-state index in [0.29, 0.717) is 66.3 Å². The van der Waals surface area contributed by atoms with Crippen molar-refractivity contribution in [3.63, 3.8) is 0 Å². The van der Waals surface area contributed by atoms with E-state index in [1.54, 1.807) is 0 Å². The first-order chi connectivity index (χ1) is 35.9. The fourth-order valence-electron chi connectivity index (χ4n) is 11.8. The van der Waals surface area contributed by atoms with Crippen molar-refractivity contribution in [1.82, 2.24) is 30.0 Å². The fraction of sp³-hybridized carbons (Fsp3) is 0.397. The molecule has 3 aromatic heterocycles. The van der Waals surface area contributed by atoms with Crippen molar-refractivity contribution < 1.29 is 29.0 Å². The van der Waals surface area contributed by atoms with Crippen LogP contribution in [-0.2, 0) is 29.6 Å². The fourth-order valence-corrected chi connectivity index (χ4v) is 12.6. The Morgan fingerprint density at radius 2 is 1.68 bits per heavy atom. The second-order valence-electron chi connectivity index (χ2n) is 20.8. The van der Waals surface area contributed by atoms with Gasteiger partial charge in [0, 0.05) is 74.9 Å². The lowest BCUT2D eigenvalue weighted by Gasteiger charge is -2.37. The SMILES string of the molecule is Cc1cc(OC2CCC(CC(C)CCN3CCN(c4ccc5c(C6CCC(=O)NC6=O)nn(C)c5c4)CC3)CC2)ccc1-c1ccc(N2CCc3cccc(C(=O)Nc4nc5ccccc5s4)c3C2)nc1C(=O)O. The van der Waals surface area contributed by atoms with E-state index in [0.717, 1.165) is 113 Å². The number of pyridine rings is 1. The third kappa shape index (κ3) is 10.3. The molecule has 16 heteroatoms. The van der Waals surface area contributed by atoms with Crippen LogP contribution >= 0.6 is 11.3 Å². The number of carbonyl (C=O) groups excluding carboxylic acids is 3. The van der Waals surface area contributed by atoms with Crippen LogP contribution in [0.2, 0.25) is 0 Å². The maximum atomic E-state index is 13.6. The Balaban J connectivity index is 0.642. The van der Waals surface area contributed by atoms with Crippen molar-refractivity contribution in [2.45, 2.75) is 90.2 Å². The van der Waals surface area contributed by atoms with E-state index in [4.69, 9.17) is 14.8 Å². The number of aromatic nitrogens is 4. The molecule has 0 bridgehead atoms. The molecule has 1 saturated carbocycles. The molecule has 1 aliphatic carbocycles. The first-order valence-corrected chi connectivity index (χ1v) is 27.0. The van der Waals surface area contributed by atoms with Crippen molar-refractivity contribution in [3.8, 4) is 16.9 Å². The number of amides is 3. The average Bonchev–Trinajstić information content (AvgIpc) is 3.97. The van der Waals surface area contributed by atoms with E-state index in [2.05, 4.69) is 50.5 Å². The van der Waals surface area contributed by atoms with Crippen molar-refractivity contribution in [1.29, 1.82) is 0 Å². The molecule has 6 heterocycles. The predicted octanol–water partition coefficient (Wildman–Crippen LogP) is 9.76. The molecule has 0 spiro atoms. The Bertz CT molecular complexity index is 3250. The molecule has 3 aliphatic heterocycles. The Hall–Kier alpha value is -7.17. The third-order valence-electron chi connectivity index (χ3n) is 15.9. The largest absolute Gasteiger partial charge is 0.490 e. The molecule has 2 saturated heterocycles. The van der Waals surface area contributed by atoms with Crippen LogP contribution in [0.4, 0.5) is 16.6 Å². The van der Waals surface area contributed by atoms with E-state index >= 15 is 0 Å². The number of hydrogen-bond donors (Lipinski definition) is 3. The van der Waals surface area contributed by atoms with E-state index in [9.17, 15) is 24.3 Å². The van der Waals surface area contributed by atoms with Crippen LogP contribution in [0.5, 0.6) is 5.75 Å². The number of aromatic carboxylic acids is 1. The van der Waals surface area contributed by atoms with Gasteiger partial charge in [0.25, 0.3) is 5.91 Å². The number of fused-ring (bicyclic) bond motifs is 3. The number of carboxylic acids is 1. The first-order valence-electron chi connectivity index (χ1n) is 26.2. The molecule has 74 heavy (non-hydrogen) atoms. The zero-order chi connectivity index (χ0) is 51.0. The normalized spacial score (nSPS) is 19.9. The Kier molecular flexibility index (Phi) is 13.9. The number of hydrogen-bond acceptors (Lipinski definition) is 12. The summed E-state index contributed by atoms with van der Waals surface area (Å²) in [7, 11) is 1.92. The standard InChI is InChI=1S/C58H63N9O6S/c1-35(23-25-65-27-29-66(30-28-65)39-13-17-45-49(33-39)64(3)63-53(45)46-20-22-52(68)61-56(46)70)31-37-11-14-40(15-12-37)73-41-16-18-42(36(2)32-41)43-19-21-51(60-54(43)57(71)72)67-26-24-38-7-6-8-44(47(38)34-67)55(69)62-58-59-48-9-4-5-10-50(48)74-58/h4-10,13,16-19,21,32-33,35,37,40,46H,11-12,14-15,20,22-31,34H2,1-3H3,(H,71,72)(H,59,62,69)(H,61,68,70). The number of aryl methyl sites for hydroxylation is 2. The van der Waals surface area contributed by atoms with Gasteiger partial charge in [-0.2, -0.15) is 5.10 Å². The molecule has 4 aromatic carbocycles. The zero-order valence-corrected chi connectivity index (χ0v) is 43.1. The highest BCUT2D eigenvalue weighted by Gasteiger charge is 2.33. The number of carbonyl (C=O) groups is 4. The van der Waals surface area contributed by atoms with Crippen molar-refractivity contribution in [2.75, 3.05) is 54.4 Å². The van der Waals surface area contributed by atoms with Crippen LogP contribution < -0.4 is 25.2 Å². The van der Waals surface area contributed by atoms with Gasteiger partial charge < -0.3 is 19.6 Å². The molecule has 3 amide bonds. The zero-order valence-electron chi connectivity index (χ0n) is 42.3. The minimum absolute atomic E-state index is 0.0113. The lowest BCUT2D eigenvalue weighted by Crippen LogP contribution is -2.46.